The SMILES string of the molecule is Brc1cccnc1CNC1CCCCC1. The van der Waals surface area contributed by atoms with E-state index < -0.39 is 0 Å². The minimum Gasteiger partial charge on any atom is -0.308 e. The fraction of sp³-hybridized carbons (Fsp3) is 0.583. The summed E-state index contributed by atoms with van der Waals surface area (Å²) in [7, 11) is 0. The molecule has 1 aromatic heterocycles. The van der Waals surface area contributed by atoms with Gasteiger partial charge in [0.2, 0.25) is 0 Å². The quantitative estimate of drug-likeness (QED) is 0.911. The molecule has 0 bridgehead atoms. The minimum atomic E-state index is 0.702. The van der Waals surface area contributed by atoms with Crippen LogP contribution in [0, 0.1) is 0 Å². The lowest BCUT2D eigenvalue weighted by Crippen LogP contribution is -2.30. The third kappa shape index (κ3) is 3.28. The van der Waals surface area contributed by atoms with Crippen LogP contribution < -0.4 is 5.32 Å². The van der Waals surface area contributed by atoms with Crippen LogP contribution in [0.25, 0.3) is 0 Å². The van der Waals surface area contributed by atoms with Gasteiger partial charge in [0, 0.05) is 23.3 Å². The second kappa shape index (κ2) is 5.61. The molecule has 0 unspecified atom stereocenters. The molecule has 82 valence electrons. The summed E-state index contributed by atoms with van der Waals surface area (Å²) in [6.07, 6.45) is 8.66. The maximum Gasteiger partial charge on any atom is 0.0683 e. The van der Waals surface area contributed by atoms with Crippen molar-refractivity contribution in [3.63, 3.8) is 0 Å². The summed E-state index contributed by atoms with van der Waals surface area (Å²) in [6, 6.07) is 4.70. The second-order valence-corrected chi connectivity index (χ2v) is 5.00. The Balaban J connectivity index is 1.84. The lowest BCUT2D eigenvalue weighted by Gasteiger charge is -2.22. The monoisotopic (exact) mass is 268 g/mol. The van der Waals surface area contributed by atoms with Crippen molar-refractivity contribution >= 4 is 15.9 Å². The van der Waals surface area contributed by atoms with Gasteiger partial charge in [0.1, 0.15) is 0 Å². The summed E-state index contributed by atoms with van der Waals surface area (Å²) in [6.45, 7) is 0.881. The van der Waals surface area contributed by atoms with Crippen LogP contribution in [0.2, 0.25) is 0 Å². The molecule has 3 heteroatoms. The smallest absolute Gasteiger partial charge is 0.0683 e. The number of rotatable bonds is 3. The van der Waals surface area contributed by atoms with Crippen molar-refractivity contribution in [1.82, 2.24) is 10.3 Å². The molecule has 0 atom stereocenters. The fourth-order valence-corrected chi connectivity index (χ4v) is 2.49. The molecule has 0 aromatic carbocycles. The van der Waals surface area contributed by atoms with E-state index in [4.69, 9.17) is 0 Å². The lowest BCUT2D eigenvalue weighted by atomic mass is 9.95. The van der Waals surface area contributed by atoms with E-state index in [0.717, 1.165) is 16.7 Å². The van der Waals surface area contributed by atoms with Gasteiger partial charge in [0.15, 0.2) is 0 Å². The summed E-state index contributed by atoms with van der Waals surface area (Å²) < 4.78 is 1.10. The van der Waals surface area contributed by atoms with Crippen molar-refractivity contribution in [3.8, 4) is 0 Å². The van der Waals surface area contributed by atoms with Gasteiger partial charge in [-0.15, -0.1) is 0 Å². The Kier molecular flexibility index (Phi) is 4.15. The minimum absolute atomic E-state index is 0.702. The fourth-order valence-electron chi connectivity index (χ4n) is 2.10. The molecule has 15 heavy (non-hydrogen) atoms. The first-order valence-corrected chi connectivity index (χ1v) is 6.48. The van der Waals surface area contributed by atoms with Gasteiger partial charge in [-0.2, -0.15) is 0 Å². The van der Waals surface area contributed by atoms with Crippen LogP contribution in [0.5, 0.6) is 0 Å². The Labute approximate surface area is 99.6 Å². The Hall–Kier alpha value is -0.410. The highest BCUT2D eigenvalue weighted by molar-refractivity contribution is 9.10. The Bertz CT molecular complexity index is 308. The van der Waals surface area contributed by atoms with Crippen LogP contribution in [-0.2, 0) is 6.54 Å². The molecular weight excluding hydrogens is 252 g/mol. The van der Waals surface area contributed by atoms with E-state index in [1.54, 1.807) is 0 Å². The first kappa shape index (κ1) is 11.1. The van der Waals surface area contributed by atoms with E-state index in [1.165, 1.54) is 32.1 Å². The van der Waals surface area contributed by atoms with E-state index >= 15 is 0 Å². The van der Waals surface area contributed by atoms with Gasteiger partial charge in [0.05, 0.1) is 5.69 Å². The molecule has 1 heterocycles. The number of aromatic nitrogens is 1. The summed E-state index contributed by atoms with van der Waals surface area (Å²) in [5.41, 5.74) is 1.11. The Morgan fingerprint density at radius 3 is 2.87 bits per heavy atom. The highest BCUT2D eigenvalue weighted by Crippen LogP contribution is 2.19. The normalized spacial score (nSPS) is 17.9. The van der Waals surface area contributed by atoms with E-state index in [2.05, 4.69) is 26.2 Å². The first-order valence-electron chi connectivity index (χ1n) is 5.69. The molecule has 1 saturated carbocycles. The van der Waals surface area contributed by atoms with Crippen LogP contribution >= 0.6 is 15.9 Å². The van der Waals surface area contributed by atoms with Gasteiger partial charge >= 0.3 is 0 Å². The molecule has 1 aliphatic rings. The van der Waals surface area contributed by atoms with Gasteiger partial charge in [-0.05, 0) is 40.9 Å². The standard InChI is InChI=1S/C12H17BrN2/c13-11-7-4-8-14-12(11)9-15-10-5-2-1-3-6-10/h4,7-8,10,15H,1-3,5-6,9H2. The van der Waals surface area contributed by atoms with E-state index in [-0.39, 0.29) is 0 Å². The number of nitrogens with zero attached hydrogens (tertiary/aromatic N) is 1. The number of halogens is 1. The Morgan fingerprint density at radius 2 is 2.13 bits per heavy atom. The molecule has 0 spiro atoms. The third-order valence-electron chi connectivity index (χ3n) is 3.00. The van der Waals surface area contributed by atoms with Crippen LogP contribution in [0.1, 0.15) is 37.8 Å². The number of nitrogens with one attached hydrogen (secondary N) is 1. The lowest BCUT2D eigenvalue weighted by molar-refractivity contribution is 0.370. The zero-order valence-electron chi connectivity index (χ0n) is 8.88. The van der Waals surface area contributed by atoms with Crippen LogP contribution in [0.15, 0.2) is 22.8 Å². The molecule has 2 nitrogen and oxygen atoms in total. The highest BCUT2D eigenvalue weighted by atomic mass is 79.9. The molecule has 0 radical (unpaired) electrons. The summed E-state index contributed by atoms with van der Waals surface area (Å²) >= 11 is 3.52. The molecule has 0 amide bonds. The molecule has 1 fully saturated rings. The van der Waals surface area contributed by atoms with Gasteiger partial charge in [-0.3, -0.25) is 4.98 Å². The number of pyridine rings is 1. The van der Waals surface area contributed by atoms with Crippen LogP contribution in [0.4, 0.5) is 0 Å². The van der Waals surface area contributed by atoms with Gasteiger partial charge < -0.3 is 5.32 Å². The van der Waals surface area contributed by atoms with Crippen molar-refractivity contribution in [1.29, 1.82) is 0 Å². The van der Waals surface area contributed by atoms with Crippen LogP contribution in [0.3, 0.4) is 0 Å². The van der Waals surface area contributed by atoms with Crippen molar-refractivity contribution in [2.75, 3.05) is 0 Å². The highest BCUT2D eigenvalue weighted by Gasteiger charge is 2.12. The zero-order chi connectivity index (χ0) is 10.5. The van der Waals surface area contributed by atoms with Crippen molar-refractivity contribution in [3.05, 3.63) is 28.5 Å². The molecule has 0 saturated heterocycles. The molecular formula is C12H17BrN2. The summed E-state index contributed by atoms with van der Waals surface area (Å²) in [5, 5.41) is 3.59. The van der Waals surface area contributed by atoms with Gasteiger partial charge in [0.25, 0.3) is 0 Å². The predicted octanol–water partition coefficient (Wildman–Crippen LogP) is 3.27. The molecule has 1 N–H and O–H groups in total. The van der Waals surface area contributed by atoms with E-state index in [0.29, 0.717) is 6.04 Å². The Morgan fingerprint density at radius 1 is 1.33 bits per heavy atom. The maximum absolute atomic E-state index is 4.35. The van der Waals surface area contributed by atoms with Gasteiger partial charge in [-0.1, -0.05) is 19.3 Å². The summed E-state index contributed by atoms with van der Waals surface area (Å²) in [5.74, 6) is 0. The largest absolute Gasteiger partial charge is 0.308 e. The predicted molar refractivity (Wildman–Crippen MR) is 65.6 cm³/mol. The molecule has 2 rings (SSSR count). The second-order valence-electron chi connectivity index (χ2n) is 4.15. The number of hydrogen-bond donors (Lipinski definition) is 1. The molecule has 0 aliphatic heterocycles. The average molecular weight is 269 g/mol. The topological polar surface area (TPSA) is 24.9 Å². The third-order valence-corrected chi connectivity index (χ3v) is 3.72. The molecule has 1 aliphatic carbocycles. The van der Waals surface area contributed by atoms with E-state index in [9.17, 15) is 0 Å². The van der Waals surface area contributed by atoms with Crippen LogP contribution in [-0.4, -0.2) is 11.0 Å². The zero-order valence-corrected chi connectivity index (χ0v) is 10.5. The van der Waals surface area contributed by atoms with Gasteiger partial charge in [-0.25, -0.2) is 0 Å². The van der Waals surface area contributed by atoms with Crippen molar-refractivity contribution in [2.24, 2.45) is 0 Å². The van der Waals surface area contributed by atoms with E-state index in [1.807, 2.05) is 18.3 Å². The van der Waals surface area contributed by atoms with Crippen molar-refractivity contribution < 1.29 is 0 Å². The average Bonchev–Trinajstić information content (AvgIpc) is 2.29. The first-order chi connectivity index (χ1) is 7.36. The maximum atomic E-state index is 4.35. The van der Waals surface area contributed by atoms with Crippen molar-refractivity contribution in [2.45, 2.75) is 44.7 Å². The molecule has 1 aromatic rings. The number of hydrogen-bond acceptors (Lipinski definition) is 2. The summed E-state index contributed by atoms with van der Waals surface area (Å²) in [4.78, 5) is 4.35.